The lowest BCUT2D eigenvalue weighted by atomic mass is 10.0. The van der Waals surface area contributed by atoms with Crippen molar-refractivity contribution in [2.24, 2.45) is 0 Å². The molecule has 0 aliphatic carbocycles. The molecule has 0 bridgehead atoms. The van der Waals surface area contributed by atoms with Gasteiger partial charge < -0.3 is 0 Å². The highest BCUT2D eigenvalue weighted by Crippen LogP contribution is 2.41. The van der Waals surface area contributed by atoms with Crippen LogP contribution in [0.15, 0.2) is 28.7 Å². The Morgan fingerprint density at radius 1 is 1.24 bits per heavy atom. The molecule has 1 aromatic heterocycles. The van der Waals surface area contributed by atoms with Crippen LogP contribution >= 0.6 is 50.5 Å². The lowest BCUT2D eigenvalue weighted by Crippen LogP contribution is -1.94. The Kier molecular flexibility index (Phi) is 4.19. The molecule has 0 radical (unpaired) electrons. The van der Waals surface area contributed by atoms with Crippen molar-refractivity contribution in [3.63, 3.8) is 0 Å². The van der Waals surface area contributed by atoms with Crippen LogP contribution in [0, 0.1) is 13.8 Å². The summed E-state index contributed by atoms with van der Waals surface area (Å²) in [5.74, 6) is 0. The van der Waals surface area contributed by atoms with Crippen molar-refractivity contribution in [1.29, 1.82) is 0 Å². The van der Waals surface area contributed by atoms with Crippen LogP contribution in [0.3, 0.4) is 0 Å². The van der Waals surface area contributed by atoms with E-state index in [2.05, 4.69) is 48.0 Å². The molecule has 0 aliphatic rings. The highest BCUT2D eigenvalue weighted by Gasteiger charge is 2.17. The van der Waals surface area contributed by atoms with E-state index in [1.807, 2.05) is 6.07 Å². The average Bonchev–Trinajstić information content (AvgIpc) is 2.58. The number of thiophene rings is 1. The quantitative estimate of drug-likeness (QED) is 0.574. The van der Waals surface area contributed by atoms with Gasteiger partial charge in [0, 0.05) is 9.35 Å². The maximum absolute atomic E-state index is 6.51. The Morgan fingerprint density at radius 3 is 2.47 bits per heavy atom. The van der Waals surface area contributed by atoms with Crippen molar-refractivity contribution in [2.45, 2.75) is 19.2 Å². The highest BCUT2D eigenvalue weighted by atomic mass is 79.9. The molecule has 4 heteroatoms. The van der Waals surface area contributed by atoms with Crippen LogP contribution in [0.5, 0.6) is 0 Å². The summed E-state index contributed by atoms with van der Waals surface area (Å²) in [5, 5.41) is -0.135. The largest absolute Gasteiger partial charge is 0.125 e. The number of hydrogen-bond donors (Lipinski definition) is 0. The molecule has 2 rings (SSSR count). The zero-order valence-corrected chi connectivity index (χ0v) is 13.3. The van der Waals surface area contributed by atoms with E-state index in [0.29, 0.717) is 0 Å². The minimum absolute atomic E-state index is 0.135. The van der Waals surface area contributed by atoms with Gasteiger partial charge >= 0.3 is 0 Å². The van der Waals surface area contributed by atoms with Gasteiger partial charge in [-0.25, -0.2) is 0 Å². The number of alkyl halides is 1. The molecule has 0 fully saturated rings. The second-order valence-corrected chi connectivity index (χ2v) is 6.97. The van der Waals surface area contributed by atoms with Crippen molar-refractivity contribution in [3.05, 3.63) is 54.6 Å². The highest BCUT2D eigenvalue weighted by molar-refractivity contribution is 9.10. The molecule has 0 amide bonds. The summed E-state index contributed by atoms with van der Waals surface area (Å²) in [5.41, 5.74) is 3.61. The molecule has 0 N–H and O–H groups in total. The maximum Gasteiger partial charge on any atom is 0.107 e. The number of rotatable bonds is 2. The van der Waals surface area contributed by atoms with Crippen molar-refractivity contribution >= 4 is 50.5 Å². The Labute approximate surface area is 124 Å². The van der Waals surface area contributed by atoms with E-state index < -0.39 is 0 Å². The molecule has 1 atom stereocenters. The molecule has 1 aromatic carbocycles. The van der Waals surface area contributed by atoms with Gasteiger partial charge in [-0.1, -0.05) is 35.4 Å². The van der Waals surface area contributed by atoms with E-state index in [1.165, 1.54) is 22.5 Å². The van der Waals surface area contributed by atoms with Crippen molar-refractivity contribution in [2.75, 3.05) is 0 Å². The van der Waals surface area contributed by atoms with E-state index in [1.54, 1.807) is 0 Å². The summed E-state index contributed by atoms with van der Waals surface area (Å²) in [6, 6.07) is 8.31. The normalized spacial score (nSPS) is 12.8. The van der Waals surface area contributed by atoms with E-state index in [-0.39, 0.29) is 5.38 Å². The van der Waals surface area contributed by atoms with Crippen LogP contribution in [0.25, 0.3) is 0 Å². The first kappa shape index (κ1) is 13.4. The molecule has 90 valence electrons. The summed E-state index contributed by atoms with van der Waals surface area (Å²) >= 11 is 17.5. The molecule has 0 saturated heterocycles. The molecule has 2 aromatic rings. The van der Waals surface area contributed by atoms with E-state index in [4.69, 9.17) is 23.2 Å². The lowest BCUT2D eigenvalue weighted by molar-refractivity contribution is 1.14. The first-order chi connectivity index (χ1) is 7.99. The second-order valence-electron chi connectivity index (χ2n) is 3.99. The van der Waals surface area contributed by atoms with Crippen molar-refractivity contribution < 1.29 is 0 Å². The van der Waals surface area contributed by atoms with E-state index in [0.717, 1.165) is 19.2 Å². The van der Waals surface area contributed by atoms with Crippen molar-refractivity contribution in [3.8, 4) is 0 Å². The van der Waals surface area contributed by atoms with Gasteiger partial charge in [0.15, 0.2) is 0 Å². The molecule has 0 nitrogen and oxygen atoms in total. The van der Waals surface area contributed by atoms with Gasteiger partial charge in [0.25, 0.3) is 0 Å². The molecular weight excluding hydrogens is 339 g/mol. The maximum atomic E-state index is 6.51. The Bertz CT molecular complexity index is 529. The third-order valence-corrected chi connectivity index (χ3v) is 5.75. The Hall–Kier alpha value is -0.0200. The fourth-order valence-electron chi connectivity index (χ4n) is 1.75. The zero-order valence-electron chi connectivity index (χ0n) is 9.43. The topological polar surface area (TPSA) is 0 Å². The monoisotopic (exact) mass is 348 g/mol. The fourth-order valence-corrected chi connectivity index (χ4v) is 3.93. The zero-order chi connectivity index (χ0) is 12.6. The summed E-state index contributed by atoms with van der Waals surface area (Å²) in [6.45, 7) is 4.17. The molecular formula is C13H11BrCl2S. The molecule has 1 unspecified atom stereocenters. The van der Waals surface area contributed by atoms with Gasteiger partial charge in [0.2, 0.25) is 0 Å². The van der Waals surface area contributed by atoms with Gasteiger partial charge in [0.1, 0.15) is 4.34 Å². The van der Waals surface area contributed by atoms with Gasteiger partial charge in [0.05, 0.1) is 5.38 Å². The van der Waals surface area contributed by atoms with Crippen LogP contribution < -0.4 is 0 Å². The summed E-state index contributed by atoms with van der Waals surface area (Å²) in [7, 11) is 0. The number of hydrogen-bond acceptors (Lipinski definition) is 1. The van der Waals surface area contributed by atoms with E-state index in [9.17, 15) is 0 Å². The number of halogens is 3. The predicted octanol–water partition coefficient (Wildman–Crippen LogP) is 6.11. The van der Waals surface area contributed by atoms with Gasteiger partial charge in [-0.15, -0.1) is 22.9 Å². The fraction of sp³-hybridized carbons (Fsp3) is 0.231. The van der Waals surface area contributed by atoms with Crippen LogP contribution in [0.2, 0.25) is 4.34 Å². The minimum atomic E-state index is -0.135. The number of aryl methyl sites for hydroxylation is 2. The second kappa shape index (κ2) is 5.31. The standard InChI is InChI=1S/C13H11BrCl2S/c1-7-3-4-9(8(2)5-7)12(15)11-6-10(14)13(16)17-11/h3-6,12H,1-2H3. The molecule has 0 aliphatic heterocycles. The first-order valence-corrected chi connectivity index (χ1v) is 7.57. The van der Waals surface area contributed by atoms with Crippen molar-refractivity contribution in [1.82, 2.24) is 0 Å². The van der Waals surface area contributed by atoms with Crippen LogP contribution in [0.1, 0.15) is 26.9 Å². The SMILES string of the molecule is Cc1ccc(C(Cl)c2cc(Br)c(Cl)s2)c(C)c1. The van der Waals surface area contributed by atoms with Crippen LogP contribution in [-0.4, -0.2) is 0 Å². The predicted molar refractivity (Wildman–Crippen MR) is 80.6 cm³/mol. The summed E-state index contributed by atoms with van der Waals surface area (Å²) in [4.78, 5) is 1.07. The Balaban J connectivity index is 2.39. The third-order valence-electron chi connectivity index (χ3n) is 2.61. The molecule has 0 spiro atoms. The minimum Gasteiger partial charge on any atom is -0.125 e. The van der Waals surface area contributed by atoms with Gasteiger partial charge in [-0.05, 0) is 47.0 Å². The third kappa shape index (κ3) is 2.87. The molecule has 1 heterocycles. The summed E-state index contributed by atoms with van der Waals surface area (Å²) < 4.78 is 1.66. The lowest BCUT2D eigenvalue weighted by Gasteiger charge is -2.11. The summed E-state index contributed by atoms with van der Waals surface area (Å²) in [6.07, 6.45) is 0. The smallest absolute Gasteiger partial charge is 0.107 e. The van der Waals surface area contributed by atoms with Gasteiger partial charge in [-0.2, -0.15) is 0 Å². The van der Waals surface area contributed by atoms with Crippen LogP contribution in [0.4, 0.5) is 0 Å². The average molecular weight is 350 g/mol. The van der Waals surface area contributed by atoms with E-state index >= 15 is 0 Å². The molecule has 17 heavy (non-hydrogen) atoms. The molecule has 0 saturated carbocycles. The Morgan fingerprint density at radius 2 is 1.94 bits per heavy atom. The van der Waals surface area contributed by atoms with Gasteiger partial charge in [-0.3, -0.25) is 0 Å². The first-order valence-electron chi connectivity index (χ1n) is 5.15. The number of benzene rings is 1. The van der Waals surface area contributed by atoms with Crippen LogP contribution in [-0.2, 0) is 0 Å².